The van der Waals surface area contributed by atoms with Gasteiger partial charge in [0.1, 0.15) is 5.01 Å². The van der Waals surface area contributed by atoms with Crippen LogP contribution in [0.3, 0.4) is 0 Å². The van der Waals surface area contributed by atoms with Gasteiger partial charge in [-0.15, -0.1) is 11.3 Å². The molecule has 0 aliphatic rings. The van der Waals surface area contributed by atoms with Crippen LogP contribution >= 0.6 is 38.9 Å². The SMILES string of the molecule is CCc1cnc(C(C)NC(=O)c2ccc(Cl)c(Br)c2)s1. The topological polar surface area (TPSA) is 42.0 Å². The summed E-state index contributed by atoms with van der Waals surface area (Å²) in [4.78, 5) is 17.7. The van der Waals surface area contributed by atoms with E-state index in [4.69, 9.17) is 11.6 Å². The molecule has 2 rings (SSSR count). The fourth-order valence-corrected chi connectivity index (χ4v) is 3.02. The van der Waals surface area contributed by atoms with Crippen LogP contribution in [0.5, 0.6) is 0 Å². The van der Waals surface area contributed by atoms with Gasteiger partial charge in [-0.1, -0.05) is 18.5 Å². The lowest BCUT2D eigenvalue weighted by atomic mass is 10.2. The quantitative estimate of drug-likeness (QED) is 0.850. The Labute approximate surface area is 135 Å². The van der Waals surface area contributed by atoms with Crippen molar-refractivity contribution in [2.75, 3.05) is 0 Å². The Morgan fingerprint density at radius 2 is 2.30 bits per heavy atom. The maximum Gasteiger partial charge on any atom is 0.251 e. The largest absolute Gasteiger partial charge is 0.343 e. The summed E-state index contributed by atoms with van der Waals surface area (Å²) in [6.45, 7) is 4.02. The van der Waals surface area contributed by atoms with Gasteiger partial charge in [-0.3, -0.25) is 4.79 Å². The number of benzene rings is 1. The molecule has 0 radical (unpaired) electrons. The first kappa shape index (κ1) is 15.5. The van der Waals surface area contributed by atoms with E-state index in [-0.39, 0.29) is 11.9 Å². The van der Waals surface area contributed by atoms with Crippen LogP contribution in [0.25, 0.3) is 0 Å². The van der Waals surface area contributed by atoms with Gasteiger partial charge in [-0.2, -0.15) is 0 Å². The third kappa shape index (κ3) is 3.59. The second kappa shape index (κ2) is 6.70. The number of carbonyl (C=O) groups is 1. The van der Waals surface area contributed by atoms with Gasteiger partial charge in [0.25, 0.3) is 5.91 Å². The number of aromatic nitrogens is 1. The number of hydrogen-bond donors (Lipinski definition) is 1. The highest BCUT2D eigenvalue weighted by Crippen LogP contribution is 2.24. The highest BCUT2D eigenvalue weighted by Gasteiger charge is 2.15. The van der Waals surface area contributed by atoms with Crippen LogP contribution in [0.1, 0.15) is 40.1 Å². The van der Waals surface area contributed by atoms with Crippen LogP contribution in [0.4, 0.5) is 0 Å². The van der Waals surface area contributed by atoms with Gasteiger partial charge in [0.05, 0.1) is 11.1 Å². The molecular weight excluding hydrogens is 360 g/mol. The molecule has 0 fully saturated rings. The van der Waals surface area contributed by atoms with E-state index in [0.29, 0.717) is 15.1 Å². The Bertz CT molecular complexity index is 629. The number of nitrogens with zero attached hydrogens (tertiary/aromatic N) is 1. The minimum Gasteiger partial charge on any atom is -0.343 e. The Morgan fingerprint density at radius 3 is 2.90 bits per heavy atom. The van der Waals surface area contributed by atoms with Crippen molar-refractivity contribution in [2.24, 2.45) is 0 Å². The predicted molar refractivity (Wildman–Crippen MR) is 86.5 cm³/mol. The summed E-state index contributed by atoms with van der Waals surface area (Å²) in [5.74, 6) is -0.136. The Balaban J connectivity index is 2.08. The first-order chi connectivity index (χ1) is 9.51. The van der Waals surface area contributed by atoms with Crippen molar-refractivity contribution < 1.29 is 4.79 Å². The van der Waals surface area contributed by atoms with Gasteiger partial charge in [-0.25, -0.2) is 4.98 Å². The molecule has 1 aromatic carbocycles. The second-order valence-electron chi connectivity index (χ2n) is 4.34. The highest BCUT2D eigenvalue weighted by atomic mass is 79.9. The van der Waals surface area contributed by atoms with E-state index in [1.54, 1.807) is 29.5 Å². The number of carbonyl (C=O) groups excluding carboxylic acids is 1. The molecule has 0 aliphatic carbocycles. The number of hydrogen-bond acceptors (Lipinski definition) is 3. The lowest BCUT2D eigenvalue weighted by Gasteiger charge is -2.11. The zero-order valence-corrected chi connectivity index (χ0v) is 14.3. The number of nitrogens with one attached hydrogen (secondary N) is 1. The maximum absolute atomic E-state index is 12.2. The Kier molecular flexibility index (Phi) is 5.18. The van der Waals surface area contributed by atoms with E-state index >= 15 is 0 Å². The second-order valence-corrected chi connectivity index (χ2v) is 6.75. The summed E-state index contributed by atoms with van der Waals surface area (Å²) in [5, 5.41) is 4.45. The van der Waals surface area contributed by atoms with Gasteiger partial charge < -0.3 is 5.32 Å². The summed E-state index contributed by atoms with van der Waals surface area (Å²) >= 11 is 10.9. The lowest BCUT2D eigenvalue weighted by molar-refractivity contribution is 0.0940. The molecule has 3 nitrogen and oxygen atoms in total. The van der Waals surface area contributed by atoms with Crippen molar-refractivity contribution in [3.63, 3.8) is 0 Å². The van der Waals surface area contributed by atoms with Crippen LogP contribution in [-0.4, -0.2) is 10.9 Å². The molecule has 1 atom stereocenters. The standard InChI is InChI=1S/C14H14BrClN2OS/c1-3-10-7-17-14(20-10)8(2)18-13(19)9-4-5-12(16)11(15)6-9/h4-8H,3H2,1-2H3,(H,18,19). The number of amides is 1. The van der Waals surface area contributed by atoms with E-state index in [9.17, 15) is 4.79 Å². The normalized spacial score (nSPS) is 12.2. The average Bonchev–Trinajstić information content (AvgIpc) is 2.90. The summed E-state index contributed by atoms with van der Waals surface area (Å²) in [7, 11) is 0. The molecule has 0 aliphatic heterocycles. The highest BCUT2D eigenvalue weighted by molar-refractivity contribution is 9.10. The molecule has 0 bridgehead atoms. The summed E-state index contributed by atoms with van der Waals surface area (Å²) in [6.07, 6.45) is 2.82. The van der Waals surface area contributed by atoms with Crippen molar-refractivity contribution in [3.05, 3.63) is 49.3 Å². The number of halogens is 2. The zero-order valence-electron chi connectivity index (χ0n) is 11.1. The van der Waals surface area contributed by atoms with Crippen molar-refractivity contribution in [1.29, 1.82) is 0 Å². The van der Waals surface area contributed by atoms with Crippen LogP contribution in [0.15, 0.2) is 28.9 Å². The smallest absolute Gasteiger partial charge is 0.251 e. The van der Waals surface area contributed by atoms with Crippen molar-refractivity contribution in [3.8, 4) is 0 Å². The number of thiazole rings is 1. The van der Waals surface area contributed by atoms with Crippen molar-refractivity contribution >= 4 is 44.8 Å². The number of aryl methyl sites for hydroxylation is 1. The van der Waals surface area contributed by atoms with Crippen LogP contribution in [-0.2, 0) is 6.42 Å². The summed E-state index contributed by atoms with van der Waals surface area (Å²) in [5.41, 5.74) is 0.570. The molecule has 20 heavy (non-hydrogen) atoms. The summed E-state index contributed by atoms with van der Waals surface area (Å²) < 4.78 is 0.710. The van der Waals surface area contributed by atoms with Crippen LogP contribution < -0.4 is 5.32 Å². The predicted octanol–water partition coefficient (Wildman–Crippen LogP) is 4.61. The molecule has 1 N–H and O–H groups in total. The molecule has 1 amide bonds. The molecule has 0 saturated heterocycles. The molecule has 0 saturated carbocycles. The van der Waals surface area contributed by atoms with Gasteiger partial charge in [0.2, 0.25) is 0 Å². The van der Waals surface area contributed by atoms with Gasteiger partial charge in [0.15, 0.2) is 0 Å². The van der Waals surface area contributed by atoms with E-state index in [1.807, 2.05) is 13.1 Å². The fourth-order valence-electron chi connectivity index (χ4n) is 1.67. The van der Waals surface area contributed by atoms with E-state index in [2.05, 4.69) is 33.2 Å². The Morgan fingerprint density at radius 1 is 1.55 bits per heavy atom. The van der Waals surface area contributed by atoms with E-state index in [1.165, 1.54) is 4.88 Å². The van der Waals surface area contributed by atoms with E-state index < -0.39 is 0 Å². The first-order valence-corrected chi connectivity index (χ1v) is 8.20. The molecule has 1 unspecified atom stereocenters. The minimum absolute atomic E-state index is 0.109. The third-order valence-electron chi connectivity index (χ3n) is 2.82. The van der Waals surface area contributed by atoms with Crippen molar-refractivity contribution in [1.82, 2.24) is 10.3 Å². The first-order valence-electron chi connectivity index (χ1n) is 6.21. The molecule has 106 valence electrons. The molecule has 6 heteroatoms. The molecule has 1 heterocycles. The monoisotopic (exact) mass is 372 g/mol. The number of rotatable bonds is 4. The zero-order chi connectivity index (χ0) is 14.7. The van der Waals surface area contributed by atoms with Crippen LogP contribution in [0.2, 0.25) is 5.02 Å². The Hall–Kier alpha value is -0.910. The lowest BCUT2D eigenvalue weighted by Crippen LogP contribution is -2.26. The van der Waals surface area contributed by atoms with Gasteiger partial charge in [0, 0.05) is 21.1 Å². The third-order valence-corrected chi connectivity index (χ3v) is 5.36. The molecule has 1 aromatic heterocycles. The molecular formula is C14H14BrClN2OS. The summed E-state index contributed by atoms with van der Waals surface area (Å²) in [6, 6.07) is 5.00. The molecule has 2 aromatic rings. The van der Waals surface area contributed by atoms with Gasteiger partial charge >= 0.3 is 0 Å². The fraction of sp³-hybridized carbons (Fsp3) is 0.286. The van der Waals surface area contributed by atoms with Gasteiger partial charge in [-0.05, 0) is 47.5 Å². The van der Waals surface area contributed by atoms with Crippen molar-refractivity contribution in [2.45, 2.75) is 26.3 Å². The average molecular weight is 374 g/mol. The van der Waals surface area contributed by atoms with E-state index in [0.717, 1.165) is 11.4 Å². The molecule has 0 spiro atoms. The van der Waals surface area contributed by atoms with Crippen LogP contribution in [0, 0.1) is 0 Å². The minimum atomic E-state index is -0.136. The maximum atomic E-state index is 12.2.